The van der Waals surface area contributed by atoms with E-state index in [0.29, 0.717) is 6.10 Å². The molecule has 1 fully saturated rings. The van der Waals surface area contributed by atoms with Crippen LogP contribution in [0.3, 0.4) is 0 Å². The van der Waals surface area contributed by atoms with Crippen LogP contribution in [0.5, 0.6) is 0 Å². The zero-order chi connectivity index (χ0) is 11.1. The van der Waals surface area contributed by atoms with Gasteiger partial charge in [0, 0.05) is 33.3 Å². The summed E-state index contributed by atoms with van der Waals surface area (Å²) in [6.45, 7) is 10.3. The third-order valence-electron chi connectivity index (χ3n) is 3.03. The Hall–Kier alpha value is -0.120. The summed E-state index contributed by atoms with van der Waals surface area (Å²) in [7, 11) is 1.82. The highest BCUT2D eigenvalue weighted by Gasteiger charge is 2.17. The Balaban J connectivity index is 1.99. The van der Waals surface area contributed by atoms with Crippen LogP contribution in [0.25, 0.3) is 0 Å². The van der Waals surface area contributed by atoms with E-state index >= 15 is 0 Å². The number of hydrogen-bond donors (Lipinski definition) is 1. The van der Waals surface area contributed by atoms with Crippen LogP contribution < -0.4 is 5.32 Å². The molecule has 0 radical (unpaired) electrons. The van der Waals surface area contributed by atoms with Crippen LogP contribution in [0.1, 0.15) is 26.7 Å². The molecule has 0 bridgehead atoms. The van der Waals surface area contributed by atoms with Gasteiger partial charge < -0.3 is 15.0 Å². The van der Waals surface area contributed by atoms with Crippen molar-refractivity contribution in [2.24, 2.45) is 5.92 Å². The molecule has 0 saturated carbocycles. The quantitative estimate of drug-likeness (QED) is 0.675. The minimum Gasteiger partial charge on any atom is -0.381 e. The van der Waals surface area contributed by atoms with Crippen molar-refractivity contribution in [1.29, 1.82) is 0 Å². The molecule has 1 heterocycles. The van der Waals surface area contributed by atoms with Gasteiger partial charge in [-0.2, -0.15) is 0 Å². The summed E-state index contributed by atoms with van der Waals surface area (Å²) in [4.78, 5) is 2.53. The average Bonchev–Trinajstić information content (AvgIpc) is 2.25. The van der Waals surface area contributed by atoms with Crippen LogP contribution in [-0.2, 0) is 4.74 Å². The molecule has 0 aliphatic carbocycles. The van der Waals surface area contributed by atoms with Gasteiger partial charge in [-0.3, -0.25) is 0 Å². The molecule has 0 aromatic carbocycles. The van der Waals surface area contributed by atoms with Crippen molar-refractivity contribution in [3.63, 3.8) is 0 Å². The summed E-state index contributed by atoms with van der Waals surface area (Å²) in [5.74, 6) is 0.754. The predicted octanol–water partition coefficient (Wildman–Crippen LogP) is 1.34. The molecular weight excluding hydrogens is 188 g/mol. The largest absolute Gasteiger partial charge is 0.381 e. The maximum atomic E-state index is 5.35. The summed E-state index contributed by atoms with van der Waals surface area (Å²) in [5.41, 5.74) is 0. The Labute approximate surface area is 94.2 Å². The highest BCUT2D eigenvalue weighted by molar-refractivity contribution is 4.72. The lowest BCUT2D eigenvalue weighted by Gasteiger charge is -2.31. The maximum absolute atomic E-state index is 5.35. The smallest absolute Gasteiger partial charge is 0.0595 e. The van der Waals surface area contributed by atoms with Crippen LogP contribution >= 0.6 is 0 Å². The molecule has 0 aromatic rings. The number of ether oxygens (including phenoxy) is 1. The first kappa shape index (κ1) is 12.9. The molecule has 1 N–H and O–H groups in total. The van der Waals surface area contributed by atoms with Crippen molar-refractivity contribution in [2.75, 3.05) is 39.8 Å². The van der Waals surface area contributed by atoms with Crippen LogP contribution in [0, 0.1) is 5.92 Å². The molecule has 0 unspecified atom stereocenters. The van der Waals surface area contributed by atoms with Crippen LogP contribution in [0.4, 0.5) is 0 Å². The number of hydrogen-bond acceptors (Lipinski definition) is 3. The van der Waals surface area contributed by atoms with E-state index in [0.717, 1.165) is 19.0 Å². The van der Waals surface area contributed by atoms with Crippen molar-refractivity contribution in [2.45, 2.75) is 32.8 Å². The Morgan fingerprint density at radius 3 is 2.53 bits per heavy atom. The fraction of sp³-hybridized carbons (Fsp3) is 1.00. The summed E-state index contributed by atoms with van der Waals surface area (Å²) in [6, 6.07) is 0. The SMILES string of the molecule is COC1CCN(CCNCC(C)C)CC1. The Bertz CT molecular complexity index is 154. The molecule has 0 spiro atoms. The second-order valence-electron chi connectivity index (χ2n) is 4.87. The number of methoxy groups -OCH3 is 1. The lowest BCUT2D eigenvalue weighted by atomic mass is 10.1. The van der Waals surface area contributed by atoms with E-state index in [2.05, 4.69) is 24.1 Å². The van der Waals surface area contributed by atoms with Gasteiger partial charge in [0.25, 0.3) is 0 Å². The van der Waals surface area contributed by atoms with Crippen molar-refractivity contribution in [3.8, 4) is 0 Å². The van der Waals surface area contributed by atoms with Gasteiger partial charge in [0.2, 0.25) is 0 Å². The Kier molecular flexibility index (Phi) is 6.22. The molecule has 3 heteroatoms. The summed E-state index contributed by atoms with van der Waals surface area (Å²) in [5, 5.41) is 3.48. The fourth-order valence-corrected chi connectivity index (χ4v) is 2.00. The molecule has 3 nitrogen and oxygen atoms in total. The van der Waals surface area contributed by atoms with Gasteiger partial charge in [-0.05, 0) is 25.3 Å². The molecule has 1 aliphatic heterocycles. The van der Waals surface area contributed by atoms with Gasteiger partial charge in [0.1, 0.15) is 0 Å². The first-order chi connectivity index (χ1) is 7.22. The monoisotopic (exact) mass is 214 g/mol. The van der Waals surface area contributed by atoms with Gasteiger partial charge in [-0.15, -0.1) is 0 Å². The Morgan fingerprint density at radius 2 is 2.00 bits per heavy atom. The molecule has 0 aromatic heterocycles. The van der Waals surface area contributed by atoms with E-state index in [-0.39, 0.29) is 0 Å². The number of nitrogens with zero attached hydrogens (tertiary/aromatic N) is 1. The van der Waals surface area contributed by atoms with Crippen LogP contribution in [-0.4, -0.2) is 50.8 Å². The van der Waals surface area contributed by atoms with E-state index in [1.165, 1.54) is 32.5 Å². The minimum absolute atomic E-state index is 0.505. The standard InChI is InChI=1S/C12H26N2O/c1-11(2)10-13-6-9-14-7-4-12(15-3)5-8-14/h11-13H,4-10H2,1-3H3. The molecule has 0 atom stereocenters. The summed E-state index contributed by atoms with van der Waals surface area (Å²) < 4.78 is 5.35. The van der Waals surface area contributed by atoms with Crippen LogP contribution in [0.2, 0.25) is 0 Å². The van der Waals surface area contributed by atoms with Gasteiger partial charge in [0.15, 0.2) is 0 Å². The maximum Gasteiger partial charge on any atom is 0.0595 e. The van der Waals surface area contributed by atoms with E-state index < -0.39 is 0 Å². The predicted molar refractivity (Wildman–Crippen MR) is 64.2 cm³/mol. The first-order valence-corrected chi connectivity index (χ1v) is 6.18. The molecule has 1 aliphatic rings. The molecular formula is C12H26N2O. The molecule has 1 rings (SSSR count). The zero-order valence-electron chi connectivity index (χ0n) is 10.5. The molecule has 0 amide bonds. The lowest BCUT2D eigenvalue weighted by Crippen LogP contribution is -2.40. The second kappa shape index (κ2) is 7.20. The van der Waals surface area contributed by atoms with E-state index in [1.807, 2.05) is 7.11 Å². The topological polar surface area (TPSA) is 24.5 Å². The van der Waals surface area contributed by atoms with Gasteiger partial charge in [-0.1, -0.05) is 13.8 Å². The third-order valence-corrected chi connectivity index (χ3v) is 3.03. The van der Waals surface area contributed by atoms with E-state index in [9.17, 15) is 0 Å². The fourth-order valence-electron chi connectivity index (χ4n) is 2.00. The van der Waals surface area contributed by atoms with E-state index in [1.54, 1.807) is 0 Å². The number of nitrogens with one attached hydrogen (secondary N) is 1. The van der Waals surface area contributed by atoms with Gasteiger partial charge in [-0.25, -0.2) is 0 Å². The van der Waals surface area contributed by atoms with Crippen LogP contribution in [0.15, 0.2) is 0 Å². The second-order valence-corrected chi connectivity index (χ2v) is 4.87. The summed E-state index contributed by atoms with van der Waals surface area (Å²) in [6.07, 6.45) is 2.89. The minimum atomic E-state index is 0.505. The first-order valence-electron chi connectivity index (χ1n) is 6.18. The zero-order valence-corrected chi connectivity index (χ0v) is 10.5. The third kappa shape index (κ3) is 5.50. The number of rotatable bonds is 6. The average molecular weight is 214 g/mol. The highest BCUT2D eigenvalue weighted by Crippen LogP contribution is 2.11. The van der Waals surface area contributed by atoms with Gasteiger partial charge >= 0.3 is 0 Å². The number of piperidine rings is 1. The summed E-state index contributed by atoms with van der Waals surface area (Å²) >= 11 is 0. The molecule has 90 valence electrons. The normalized spacial score (nSPS) is 20.0. The lowest BCUT2D eigenvalue weighted by molar-refractivity contribution is 0.0414. The van der Waals surface area contributed by atoms with E-state index in [4.69, 9.17) is 4.74 Å². The van der Waals surface area contributed by atoms with Crippen molar-refractivity contribution >= 4 is 0 Å². The Morgan fingerprint density at radius 1 is 1.33 bits per heavy atom. The van der Waals surface area contributed by atoms with Crippen molar-refractivity contribution in [3.05, 3.63) is 0 Å². The highest BCUT2D eigenvalue weighted by atomic mass is 16.5. The van der Waals surface area contributed by atoms with Crippen molar-refractivity contribution in [1.82, 2.24) is 10.2 Å². The molecule has 1 saturated heterocycles. The molecule has 15 heavy (non-hydrogen) atoms. The van der Waals surface area contributed by atoms with Gasteiger partial charge in [0.05, 0.1) is 6.10 Å². The number of likely N-dealkylation sites (tertiary alicyclic amines) is 1. The van der Waals surface area contributed by atoms with Crippen molar-refractivity contribution < 1.29 is 4.74 Å².